The van der Waals surface area contributed by atoms with Crippen molar-refractivity contribution in [3.63, 3.8) is 0 Å². The lowest BCUT2D eigenvalue weighted by Gasteiger charge is -2.25. The topological polar surface area (TPSA) is 59.2 Å². The first-order chi connectivity index (χ1) is 6.79. The Balaban J connectivity index is 2.04. The summed E-state index contributed by atoms with van der Waals surface area (Å²) in [5.41, 5.74) is 5.52. The molecule has 0 radical (unpaired) electrons. The fourth-order valence-corrected chi connectivity index (χ4v) is 3.26. The molecule has 1 aliphatic rings. The molecule has 78 valence electrons. The van der Waals surface area contributed by atoms with E-state index in [0.717, 1.165) is 34.6 Å². The average Bonchev–Trinajstić information content (AvgIpc) is 2.67. The molecular formula is C8H13N3OS2. The first-order valence-corrected chi connectivity index (χ1v) is 6.85. The first kappa shape index (κ1) is 10.1. The van der Waals surface area contributed by atoms with Gasteiger partial charge in [-0.05, 0) is 0 Å². The molecule has 2 rings (SSSR count). The molecule has 0 atom stereocenters. The monoisotopic (exact) mass is 231 g/mol. The number of aromatic nitrogens is 1. The first-order valence-electron chi connectivity index (χ1n) is 4.54. The van der Waals surface area contributed by atoms with Crippen molar-refractivity contribution in [1.82, 2.24) is 4.98 Å². The molecule has 1 aliphatic heterocycles. The van der Waals surface area contributed by atoms with Crippen LogP contribution in [0.3, 0.4) is 0 Å². The molecule has 14 heavy (non-hydrogen) atoms. The Morgan fingerprint density at radius 3 is 2.86 bits per heavy atom. The van der Waals surface area contributed by atoms with E-state index in [4.69, 9.17) is 5.73 Å². The largest absolute Gasteiger partial charge is 0.346 e. The second-order valence-electron chi connectivity index (χ2n) is 3.15. The van der Waals surface area contributed by atoms with Gasteiger partial charge in [0, 0.05) is 53.0 Å². The molecule has 0 saturated carbocycles. The minimum Gasteiger partial charge on any atom is -0.346 e. The van der Waals surface area contributed by atoms with Crippen LogP contribution in [0, 0.1) is 0 Å². The SMILES string of the molecule is NCc1cnc(N2CCS(=O)CC2)s1. The Morgan fingerprint density at radius 1 is 1.57 bits per heavy atom. The van der Waals surface area contributed by atoms with Gasteiger partial charge in [0.15, 0.2) is 5.13 Å². The van der Waals surface area contributed by atoms with Crippen LogP contribution in [-0.2, 0) is 17.3 Å². The second-order valence-corrected chi connectivity index (χ2v) is 5.94. The lowest BCUT2D eigenvalue weighted by Crippen LogP contribution is -2.37. The lowest BCUT2D eigenvalue weighted by molar-refractivity contribution is 0.673. The highest BCUT2D eigenvalue weighted by molar-refractivity contribution is 7.85. The third-order valence-electron chi connectivity index (χ3n) is 2.19. The highest BCUT2D eigenvalue weighted by Crippen LogP contribution is 2.22. The van der Waals surface area contributed by atoms with Crippen molar-refractivity contribution in [1.29, 1.82) is 0 Å². The lowest BCUT2D eigenvalue weighted by atomic mass is 10.5. The van der Waals surface area contributed by atoms with E-state index in [1.54, 1.807) is 11.3 Å². The molecule has 1 fully saturated rings. The maximum Gasteiger partial charge on any atom is 0.185 e. The van der Waals surface area contributed by atoms with E-state index in [2.05, 4.69) is 9.88 Å². The average molecular weight is 231 g/mol. The van der Waals surface area contributed by atoms with Crippen molar-refractivity contribution in [3.05, 3.63) is 11.1 Å². The van der Waals surface area contributed by atoms with Crippen LogP contribution < -0.4 is 10.6 Å². The maximum atomic E-state index is 11.1. The smallest absolute Gasteiger partial charge is 0.185 e. The van der Waals surface area contributed by atoms with Crippen LogP contribution in [0.2, 0.25) is 0 Å². The molecular weight excluding hydrogens is 218 g/mol. The molecule has 1 aromatic heterocycles. The molecule has 4 nitrogen and oxygen atoms in total. The zero-order valence-electron chi connectivity index (χ0n) is 7.81. The summed E-state index contributed by atoms with van der Waals surface area (Å²) < 4.78 is 11.1. The van der Waals surface area contributed by atoms with E-state index in [0.29, 0.717) is 6.54 Å². The minimum absolute atomic E-state index is 0.553. The van der Waals surface area contributed by atoms with Gasteiger partial charge in [0.25, 0.3) is 0 Å². The van der Waals surface area contributed by atoms with Crippen LogP contribution in [0.4, 0.5) is 5.13 Å². The Morgan fingerprint density at radius 2 is 2.29 bits per heavy atom. The summed E-state index contributed by atoms with van der Waals surface area (Å²) in [7, 11) is -0.619. The van der Waals surface area contributed by atoms with E-state index >= 15 is 0 Å². The van der Waals surface area contributed by atoms with Gasteiger partial charge in [-0.2, -0.15) is 0 Å². The Bertz CT molecular complexity index is 329. The second kappa shape index (κ2) is 4.37. The molecule has 0 amide bonds. The third-order valence-corrected chi connectivity index (χ3v) is 4.55. The molecule has 1 aromatic rings. The van der Waals surface area contributed by atoms with Gasteiger partial charge in [0.05, 0.1) is 0 Å². The van der Waals surface area contributed by atoms with Crippen LogP contribution in [-0.4, -0.2) is 33.8 Å². The van der Waals surface area contributed by atoms with Gasteiger partial charge in [0.2, 0.25) is 0 Å². The standard InChI is InChI=1S/C8H13N3OS2/c9-5-7-6-10-8(13-7)11-1-3-14(12)4-2-11/h6H,1-5,9H2. The molecule has 0 aliphatic carbocycles. The Hall–Kier alpha value is -0.460. The summed E-state index contributed by atoms with van der Waals surface area (Å²) in [4.78, 5) is 7.59. The normalized spacial score (nSPS) is 18.8. The van der Waals surface area contributed by atoms with E-state index in [-0.39, 0.29) is 0 Å². The highest BCUT2D eigenvalue weighted by Gasteiger charge is 2.17. The van der Waals surface area contributed by atoms with Gasteiger partial charge < -0.3 is 10.6 Å². The van der Waals surface area contributed by atoms with E-state index < -0.39 is 10.8 Å². The van der Waals surface area contributed by atoms with Crippen molar-refractivity contribution >= 4 is 27.3 Å². The van der Waals surface area contributed by atoms with Gasteiger partial charge in [-0.3, -0.25) is 4.21 Å². The summed E-state index contributed by atoms with van der Waals surface area (Å²) in [6.07, 6.45) is 1.82. The van der Waals surface area contributed by atoms with Gasteiger partial charge in [-0.25, -0.2) is 4.98 Å². The molecule has 0 bridgehead atoms. The number of hydrogen-bond acceptors (Lipinski definition) is 5. The number of nitrogens with two attached hydrogens (primary N) is 1. The summed E-state index contributed by atoms with van der Waals surface area (Å²) in [6, 6.07) is 0. The molecule has 0 spiro atoms. The summed E-state index contributed by atoms with van der Waals surface area (Å²) >= 11 is 1.63. The van der Waals surface area contributed by atoms with Gasteiger partial charge in [-0.1, -0.05) is 0 Å². The zero-order valence-corrected chi connectivity index (χ0v) is 9.44. The number of thiazole rings is 1. The predicted molar refractivity (Wildman–Crippen MR) is 60.1 cm³/mol. The molecule has 2 heterocycles. The summed E-state index contributed by atoms with van der Waals surface area (Å²) in [5, 5.41) is 1.02. The van der Waals surface area contributed by atoms with E-state index in [9.17, 15) is 4.21 Å². The third kappa shape index (κ3) is 2.13. The van der Waals surface area contributed by atoms with Crippen molar-refractivity contribution in [2.75, 3.05) is 29.5 Å². The van der Waals surface area contributed by atoms with Gasteiger partial charge in [0.1, 0.15) is 0 Å². The number of nitrogens with zero attached hydrogens (tertiary/aromatic N) is 2. The van der Waals surface area contributed by atoms with E-state index in [1.807, 2.05) is 6.20 Å². The van der Waals surface area contributed by atoms with Crippen molar-refractivity contribution in [2.24, 2.45) is 5.73 Å². The molecule has 1 saturated heterocycles. The van der Waals surface area contributed by atoms with Crippen molar-refractivity contribution in [3.8, 4) is 0 Å². The number of hydrogen-bond donors (Lipinski definition) is 1. The van der Waals surface area contributed by atoms with Crippen LogP contribution in [0.5, 0.6) is 0 Å². The fourth-order valence-electron chi connectivity index (χ4n) is 1.37. The summed E-state index contributed by atoms with van der Waals surface area (Å²) in [6.45, 7) is 2.26. The molecule has 0 aromatic carbocycles. The van der Waals surface area contributed by atoms with Gasteiger partial charge >= 0.3 is 0 Å². The minimum atomic E-state index is -0.619. The maximum absolute atomic E-state index is 11.1. The number of anilines is 1. The highest BCUT2D eigenvalue weighted by atomic mass is 32.2. The van der Waals surface area contributed by atoms with Crippen LogP contribution in [0.25, 0.3) is 0 Å². The predicted octanol–water partition coefficient (Wildman–Crippen LogP) is 0.170. The molecule has 2 N–H and O–H groups in total. The van der Waals surface area contributed by atoms with Crippen molar-refractivity contribution < 1.29 is 4.21 Å². The molecule has 6 heteroatoms. The number of rotatable bonds is 2. The van der Waals surface area contributed by atoms with Crippen LogP contribution in [0.15, 0.2) is 6.20 Å². The van der Waals surface area contributed by atoms with Gasteiger partial charge in [-0.15, -0.1) is 11.3 Å². The Labute approximate surface area is 89.6 Å². The summed E-state index contributed by atoms with van der Waals surface area (Å²) in [5.74, 6) is 1.52. The van der Waals surface area contributed by atoms with E-state index in [1.165, 1.54) is 0 Å². The Kier molecular flexibility index (Phi) is 3.15. The zero-order chi connectivity index (χ0) is 9.97. The van der Waals surface area contributed by atoms with Crippen molar-refractivity contribution in [2.45, 2.75) is 6.54 Å². The van der Waals surface area contributed by atoms with Crippen LogP contribution >= 0.6 is 11.3 Å². The fraction of sp³-hybridized carbons (Fsp3) is 0.625. The van der Waals surface area contributed by atoms with Crippen LogP contribution in [0.1, 0.15) is 4.88 Å². The quantitative estimate of drug-likeness (QED) is 0.788. The molecule has 0 unspecified atom stereocenters.